The minimum absolute atomic E-state index is 0.551. The van der Waals surface area contributed by atoms with Gasteiger partial charge in [0.15, 0.2) is 0 Å². The van der Waals surface area contributed by atoms with Crippen LogP contribution < -0.4 is 10.5 Å². The van der Waals surface area contributed by atoms with Crippen molar-refractivity contribution in [3.63, 3.8) is 0 Å². The molecular formula is C13H14N2OS. The maximum atomic E-state index is 5.59. The molecule has 0 bridgehead atoms. The van der Waals surface area contributed by atoms with Crippen molar-refractivity contribution in [3.8, 4) is 5.75 Å². The smallest absolute Gasteiger partial charge is 0.123 e. The second-order valence-corrected chi connectivity index (χ2v) is 4.60. The molecule has 0 saturated carbocycles. The fraction of sp³-hybridized carbons (Fsp3) is 0.154. The monoisotopic (exact) mass is 246 g/mol. The van der Waals surface area contributed by atoms with E-state index in [-0.39, 0.29) is 0 Å². The van der Waals surface area contributed by atoms with Gasteiger partial charge in [0.1, 0.15) is 11.6 Å². The van der Waals surface area contributed by atoms with Crippen LogP contribution >= 0.6 is 11.8 Å². The molecule has 88 valence electrons. The lowest BCUT2D eigenvalue weighted by Crippen LogP contribution is -1.99. The Bertz CT molecular complexity index is 445. The number of nitrogens with two attached hydrogens (primary N) is 1. The van der Waals surface area contributed by atoms with Crippen molar-refractivity contribution in [2.75, 3.05) is 18.1 Å². The molecule has 0 unspecified atom stereocenters. The van der Waals surface area contributed by atoms with Crippen LogP contribution in [0.2, 0.25) is 0 Å². The molecule has 0 saturated heterocycles. The van der Waals surface area contributed by atoms with Crippen molar-refractivity contribution in [1.82, 2.24) is 4.98 Å². The first-order valence-corrected chi connectivity index (χ1v) is 6.35. The van der Waals surface area contributed by atoms with Crippen molar-refractivity contribution in [1.29, 1.82) is 0 Å². The van der Waals surface area contributed by atoms with E-state index in [9.17, 15) is 0 Å². The second kappa shape index (κ2) is 6.15. The molecule has 1 aromatic heterocycles. The first-order valence-electron chi connectivity index (χ1n) is 5.37. The number of nitrogens with zero attached hydrogens (tertiary/aromatic N) is 1. The van der Waals surface area contributed by atoms with Crippen molar-refractivity contribution >= 4 is 17.6 Å². The zero-order chi connectivity index (χ0) is 11.9. The number of nitrogen functional groups attached to an aromatic ring is 1. The average Bonchev–Trinajstić information content (AvgIpc) is 2.38. The summed E-state index contributed by atoms with van der Waals surface area (Å²) in [5, 5.41) is 0. The Morgan fingerprint density at radius 1 is 1.12 bits per heavy atom. The normalized spacial score (nSPS) is 10.1. The predicted molar refractivity (Wildman–Crippen MR) is 71.3 cm³/mol. The van der Waals surface area contributed by atoms with Gasteiger partial charge in [0.25, 0.3) is 0 Å². The highest BCUT2D eigenvalue weighted by Gasteiger charge is 1.96. The maximum absolute atomic E-state index is 5.59. The Balaban J connectivity index is 1.71. The maximum Gasteiger partial charge on any atom is 0.123 e. The Labute approximate surface area is 105 Å². The van der Waals surface area contributed by atoms with Crippen LogP contribution in [0.1, 0.15) is 0 Å². The summed E-state index contributed by atoms with van der Waals surface area (Å²) in [6.45, 7) is 0.680. The first kappa shape index (κ1) is 11.8. The van der Waals surface area contributed by atoms with E-state index < -0.39 is 0 Å². The molecule has 0 spiro atoms. The van der Waals surface area contributed by atoms with Gasteiger partial charge in [0.2, 0.25) is 0 Å². The highest BCUT2D eigenvalue weighted by Crippen LogP contribution is 2.17. The van der Waals surface area contributed by atoms with Gasteiger partial charge in [-0.25, -0.2) is 4.98 Å². The summed E-state index contributed by atoms with van der Waals surface area (Å²) in [4.78, 5) is 5.14. The largest absolute Gasteiger partial charge is 0.493 e. The van der Waals surface area contributed by atoms with E-state index in [4.69, 9.17) is 10.5 Å². The van der Waals surface area contributed by atoms with Gasteiger partial charge in [-0.05, 0) is 24.3 Å². The van der Waals surface area contributed by atoms with Gasteiger partial charge >= 0.3 is 0 Å². The topological polar surface area (TPSA) is 48.1 Å². The van der Waals surface area contributed by atoms with Gasteiger partial charge in [0, 0.05) is 16.8 Å². The van der Waals surface area contributed by atoms with Crippen molar-refractivity contribution in [3.05, 3.63) is 48.7 Å². The summed E-state index contributed by atoms with van der Waals surface area (Å²) >= 11 is 1.71. The average molecular weight is 246 g/mol. The molecule has 4 heteroatoms. The summed E-state index contributed by atoms with van der Waals surface area (Å²) in [5.74, 6) is 2.35. The molecule has 0 fully saturated rings. The molecule has 2 N–H and O–H groups in total. The quantitative estimate of drug-likeness (QED) is 0.651. The highest BCUT2D eigenvalue weighted by atomic mass is 32.2. The van der Waals surface area contributed by atoms with E-state index in [1.54, 1.807) is 24.0 Å². The number of benzene rings is 1. The Kier molecular flexibility index (Phi) is 4.27. The summed E-state index contributed by atoms with van der Waals surface area (Å²) < 4.78 is 5.59. The number of para-hydroxylation sites is 1. The van der Waals surface area contributed by atoms with Crippen LogP contribution in [0.15, 0.2) is 53.6 Å². The minimum Gasteiger partial charge on any atom is -0.493 e. The molecule has 0 radical (unpaired) electrons. The van der Waals surface area contributed by atoms with E-state index in [2.05, 4.69) is 4.98 Å². The summed E-state index contributed by atoms with van der Waals surface area (Å²) in [7, 11) is 0. The van der Waals surface area contributed by atoms with Crippen LogP contribution in [0.3, 0.4) is 0 Å². The Morgan fingerprint density at radius 2 is 1.94 bits per heavy atom. The summed E-state index contributed by atoms with van der Waals surface area (Å²) in [6, 6.07) is 13.6. The lowest BCUT2D eigenvalue weighted by molar-refractivity contribution is 0.344. The van der Waals surface area contributed by atoms with Gasteiger partial charge in [-0.15, -0.1) is 11.8 Å². The number of anilines is 1. The molecule has 0 aliphatic rings. The molecule has 1 aromatic carbocycles. The molecule has 0 atom stereocenters. The lowest BCUT2D eigenvalue weighted by atomic mass is 10.3. The van der Waals surface area contributed by atoms with E-state index in [1.807, 2.05) is 36.4 Å². The number of pyridine rings is 1. The lowest BCUT2D eigenvalue weighted by Gasteiger charge is -2.05. The van der Waals surface area contributed by atoms with Crippen molar-refractivity contribution < 1.29 is 4.74 Å². The SMILES string of the molecule is Nc1ccc(SCCOc2ccccc2)cn1. The molecule has 17 heavy (non-hydrogen) atoms. The van der Waals surface area contributed by atoms with Gasteiger partial charge in [-0.1, -0.05) is 18.2 Å². The van der Waals surface area contributed by atoms with Gasteiger partial charge < -0.3 is 10.5 Å². The molecule has 0 amide bonds. The molecule has 0 aliphatic heterocycles. The summed E-state index contributed by atoms with van der Waals surface area (Å²) in [6.07, 6.45) is 1.78. The minimum atomic E-state index is 0.551. The fourth-order valence-electron chi connectivity index (χ4n) is 1.31. The zero-order valence-corrected chi connectivity index (χ0v) is 10.2. The van der Waals surface area contributed by atoms with Crippen LogP contribution in [0, 0.1) is 0 Å². The third-order valence-electron chi connectivity index (χ3n) is 2.12. The van der Waals surface area contributed by atoms with Crippen LogP contribution in [0.4, 0.5) is 5.82 Å². The van der Waals surface area contributed by atoms with E-state index >= 15 is 0 Å². The van der Waals surface area contributed by atoms with E-state index in [0.717, 1.165) is 16.4 Å². The number of rotatable bonds is 5. The Morgan fingerprint density at radius 3 is 2.65 bits per heavy atom. The fourth-order valence-corrected chi connectivity index (χ4v) is 2.01. The van der Waals surface area contributed by atoms with Crippen LogP contribution in [-0.2, 0) is 0 Å². The van der Waals surface area contributed by atoms with Gasteiger partial charge in [-0.2, -0.15) is 0 Å². The molecule has 2 rings (SSSR count). The molecule has 2 aromatic rings. The number of hydrogen-bond acceptors (Lipinski definition) is 4. The second-order valence-electron chi connectivity index (χ2n) is 3.43. The number of thioether (sulfide) groups is 1. The molecule has 0 aliphatic carbocycles. The standard InChI is InChI=1S/C13H14N2OS/c14-13-7-6-12(10-15-13)17-9-8-16-11-4-2-1-3-5-11/h1-7,10H,8-9H2,(H2,14,15). The first-order chi connectivity index (χ1) is 8.34. The van der Waals surface area contributed by atoms with Crippen LogP contribution in [0.25, 0.3) is 0 Å². The van der Waals surface area contributed by atoms with Crippen molar-refractivity contribution in [2.24, 2.45) is 0 Å². The number of aromatic nitrogens is 1. The number of ether oxygens (including phenoxy) is 1. The third-order valence-corrected chi connectivity index (χ3v) is 3.07. The van der Waals surface area contributed by atoms with Gasteiger partial charge in [0.05, 0.1) is 6.61 Å². The Hall–Kier alpha value is -1.68. The van der Waals surface area contributed by atoms with Crippen molar-refractivity contribution in [2.45, 2.75) is 4.90 Å². The molecular weight excluding hydrogens is 232 g/mol. The zero-order valence-electron chi connectivity index (χ0n) is 9.37. The summed E-state index contributed by atoms with van der Waals surface area (Å²) in [5.41, 5.74) is 5.51. The highest BCUT2D eigenvalue weighted by molar-refractivity contribution is 7.99. The molecule has 1 heterocycles. The number of hydrogen-bond donors (Lipinski definition) is 1. The molecule has 3 nitrogen and oxygen atoms in total. The third kappa shape index (κ3) is 4.00. The van der Waals surface area contributed by atoms with Gasteiger partial charge in [-0.3, -0.25) is 0 Å². The van der Waals surface area contributed by atoms with Crippen LogP contribution in [-0.4, -0.2) is 17.3 Å². The van der Waals surface area contributed by atoms with Crippen LogP contribution in [0.5, 0.6) is 5.75 Å². The van der Waals surface area contributed by atoms with E-state index in [0.29, 0.717) is 12.4 Å². The van der Waals surface area contributed by atoms with E-state index in [1.165, 1.54) is 0 Å². The predicted octanol–water partition coefficient (Wildman–Crippen LogP) is 2.83.